The summed E-state index contributed by atoms with van der Waals surface area (Å²) in [6.07, 6.45) is 3.18. The summed E-state index contributed by atoms with van der Waals surface area (Å²) in [4.78, 5) is 4.32. The van der Waals surface area contributed by atoms with E-state index in [1.54, 1.807) is 6.08 Å². The average molecular weight is 85.1 g/mol. The highest BCUT2D eigenvalue weighted by Gasteiger charge is 1.54. The van der Waals surface area contributed by atoms with E-state index in [9.17, 15) is 0 Å². The molecule has 0 unspecified atom stereocenters. The monoisotopic (exact) mass is 85.1 g/mol. The highest BCUT2D eigenvalue weighted by Crippen LogP contribution is 1.71. The molecule has 0 spiro atoms. The largest absolute Gasteiger partial charge is 0.366 e. The van der Waals surface area contributed by atoms with Crippen LogP contribution in [0.15, 0.2) is 17.5 Å². The van der Waals surface area contributed by atoms with Crippen LogP contribution in [0.5, 0.6) is 0 Å². The van der Waals surface area contributed by atoms with E-state index in [0.717, 1.165) is 0 Å². The molecule has 0 saturated carbocycles. The Kier molecular flexibility index (Phi) is 3.66. The summed E-state index contributed by atoms with van der Waals surface area (Å²) < 4.78 is 0. The summed E-state index contributed by atoms with van der Waals surface area (Å²) in [5.41, 5.74) is 0. The van der Waals surface area contributed by atoms with E-state index in [2.05, 4.69) is 16.7 Å². The number of rotatable bonds is 2. The molecular weight excluding hydrogens is 78.0 g/mol. The van der Waals surface area contributed by atoms with Crippen LogP contribution in [-0.4, -0.2) is 6.72 Å². The predicted molar refractivity (Wildman–Crippen MR) is 25.4 cm³/mol. The summed E-state index contributed by atoms with van der Waals surface area (Å²) in [5.74, 6) is 0. The van der Waals surface area contributed by atoms with Gasteiger partial charge < -0.3 is 4.84 Å². The van der Waals surface area contributed by atoms with Crippen molar-refractivity contribution in [2.45, 2.75) is 6.92 Å². The van der Waals surface area contributed by atoms with Gasteiger partial charge in [-0.1, -0.05) is 5.16 Å². The van der Waals surface area contributed by atoms with Gasteiger partial charge in [-0.05, 0) is 13.0 Å². The smallest absolute Gasteiger partial charge is 0.117 e. The Morgan fingerprint density at radius 3 is 2.67 bits per heavy atom. The van der Waals surface area contributed by atoms with Crippen LogP contribution >= 0.6 is 0 Å². The van der Waals surface area contributed by atoms with Crippen LogP contribution in [0.25, 0.3) is 0 Å². The van der Waals surface area contributed by atoms with Crippen molar-refractivity contribution >= 4 is 6.72 Å². The lowest BCUT2D eigenvalue weighted by atomic mass is 10.7. The molecule has 0 aliphatic carbocycles. The molecule has 0 heterocycles. The van der Waals surface area contributed by atoms with Crippen LogP contribution in [0.2, 0.25) is 0 Å². The van der Waals surface area contributed by atoms with Crippen LogP contribution in [0.1, 0.15) is 6.92 Å². The van der Waals surface area contributed by atoms with Crippen LogP contribution < -0.4 is 0 Å². The number of hydrogen-bond donors (Lipinski definition) is 0. The van der Waals surface area contributed by atoms with Gasteiger partial charge in [0.15, 0.2) is 0 Å². The second kappa shape index (κ2) is 4.21. The number of hydrogen-bond acceptors (Lipinski definition) is 2. The third-order valence-corrected chi connectivity index (χ3v) is 0.271. The van der Waals surface area contributed by atoms with E-state index < -0.39 is 0 Å². The highest BCUT2D eigenvalue weighted by molar-refractivity contribution is 5.21. The van der Waals surface area contributed by atoms with Crippen molar-refractivity contribution in [3.63, 3.8) is 0 Å². The molecule has 34 valence electrons. The van der Waals surface area contributed by atoms with Gasteiger partial charge in [0.05, 0.1) is 0 Å². The van der Waals surface area contributed by atoms with Gasteiger partial charge in [-0.15, -0.1) is 0 Å². The quantitative estimate of drug-likeness (QED) is 0.280. The molecule has 2 heteroatoms. The Morgan fingerprint density at radius 1 is 1.83 bits per heavy atom. The minimum atomic E-state index is 1.45. The van der Waals surface area contributed by atoms with Gasteiger partial charge in [0.25, 0.3) is 0 Å². The Labute approximate surface area is 37.1 Å². The lowest BCUT2D eigenvalue weighted by molar-refractivity contribution is 0.271. The molecule has 0 atom stereocenters. The standard InChI is InChI=1S/C4H7NO/c1-3-4-6-5-2/h3-4H,2H2,1H3/b4-3-. The number of nitrogens with zero attached hydrogens (tertiary/aromatic N) is 1. The van der Waals surface area contributed by atoms with Gasteiger partial charge in [-0.3, -0.25) is 0 Å². The SMILES string of the molecule is C=NO/C=C\C. The molecule has 6 heavy (non-hydrogen) atoms. The fraction of sp³-hybridized carbons (Fsp3) is 0.250. The van der Waals surface area contributed by atoms with Crippen LogP contribution in [-0.2, 0) is 4.84 Å². The van der Waals surface area contributed by atoms with Crippen molar-refractivity contribution in [1.29, 1.82) is 0 Å². The van der Waals surface area contributed by atoms with Crippen molar-refractivity contribution in [3.8, 4) is 0 Å². The maximum Gasteiger partial charge on any atom is 0.117 e. The zero-order chi connectivity index (χ0) is 4.83. The maximum atomic E-state index is 4.32. The first-order valence-electron chi connectivity index (χ1n) is 1.65. The first kappa shape index (κ1) is 5.21. The molecular formula is C4H7NO. The summed E-state index contributed by atoms with van der Waals surface area (Å²) in [5, 5.41) is 3.09. The summed E-state index contributed by atoms with van der Waals surface area (Å²) >= 11 is 0. The minimum Gasteiger partial charge on any atom is -0.366 e. The minimum absolute atomic E-state index is 1.45. The zero-order valence-corrected chi connectivity index (χ0v) is 3.72. The lowest BCUT2D eigenvalue weighted by Gasteiger charge is -1.77. The van der Waals surface area contributed by atoms with Gasteiger partial charge >= 0.3 is 0 Å². The zero-order valence-electron chi connectivity index (χ0n) is 3.72. The van der Waals surface area contributed by atoms with E-state index in [-0.39, 0.29) is 0 Å². The van der Waals surface area contributed by atoms with Crippen LogP contribution in [0.3, 0.4) is 0 Å². The summed E-state index contributed by atoms with van der Waals surface area (Å²) in [6, 6.07) is 0. The van der Waals surface area contributed by atoms with Crippen LogP contribution in [0, 0.1) is 0 Å². The summed E-state index contributed by atoms with van der Waals surface area (Å²) in [7, 11) is 0. The van der Waals surface area contributed by atoms with Crippen molar-refractivity contribution < 1.29 is 4.84 Å². The van der Waals surface area contributed by atoms with Gasteiger partial charge in [-0.2, -0.15) is 0 Å². The Hall–Kier alpha value is -0.790. The number of oxime groups is 1. The lowest BCUT2D eigenvalue weighted by Crippen LogP contribution is -1.57. The fourth-order valence-electron chi connectivity index (χ4n) is 0.104. The van der Waals surface area contributed by atoms with Gasteiger partial charge in [0, 0.05) is 6.72 Å². The van der Waals surface area contributed by atoms with E-state index in [4.69, 9.17) is 0 Å². The van der Waals surface area contributed by atoms with E-state index in [0.29, 0.717) is 0 Å². The molecule has 2 nitrogen and oxygen atoms in total. The molecule has 0 fully saturated rings. The van der Waals surface area contributed by atoms with E-state index >= 15 is 0 Å². The summed E-state index contributed by atoms with van der Waals surface area (Å²) in [6.45, 7) is 4.91. The predicted octanol–water partition coefficient (Wildman–Crippen LogP) is 1.15. The van der Waals surface area contributed by atoms with E-state index in [1.165, 1.54) is 6.26 Å². The van der Waals surface area contributed by atoms with Crippen molar-refractivity contribution in [1.82, 2.24) is 0 Å². The molecule has 0 aromatic heterocycles. The number of allylic oxidation sites excluding steroid dienone is 1. The molecule has 0 saturated heterocycles. The molecule has 0 bridgehead atoms. The van der Waals surface area contributed by atoms with Crippen molar-refractivity contribution in [3.05, 3.63) is 12.3 Å². The van der Waals surface area contributed by atoms with Crippen LogP contribution in [0.4, 0.5) is 0 Å². The third kappa shape index (κ3) is 3.21. The highest BCUT2D eigenvalue weighted by atomic mass is 16.6. The maximum absolute atomic E-state index is 4.32. The second-order valence-electron chi connectivity index (χ2n) is 0.704. The molecule has 0 aromatic rings. The molecule has 0 aromatic carbocycles. The van der Waals surface area contributed by atoms with Crippen molar-refractivity contribution in [2.75, 3.05) is 0 Å². The van der Waals surface area contributed by atoms with Gasteiger partial charge in [0.2, 0.25) is 0 Å². The van der Waals surface area contributed by atoms with E-state index in [1.807, 2.05) is 6.92 Å². The van der Waals surface area contributed by atoms with Crippen molar-refractivity contribution in [2.24, 2.45) is 5.16 Å². The molecule has 0 aliphatic rings. The fourth-order valence-corrected chi connectivity index (χ4v) is 0.104. The molecule has 0 amide bonds. The average Bonchev–Trinajstić information content (AvgIpc) is 1.61. The Morgan fingerprint density at radius 2 is 2.50 bits per heavy atom. The molecule has 0 N–H and O–H groups in total. The first-order chi connectivity index (χ1) is 2.91. The topological polar surface area (TPSA) is 21.6 Å². The van der Waals surface area contributed by atoms with Gasteiger partial charge in [0.1, 0.15) is 6.26 Å². The normalized spacial score (nSPS) is 8.83. The second-order valence-corrected chi connectivity index (χ2v) is 0.704. The molecule has 0 rings (SSSR count). The van der Waals surface area contributed by atoms with Gasteiger partial charge in [-0.25, -0.2) is 0 Å². The Bertz CT molecular complexity index is 58.6. The third-order valence-electron chi connectivity index (χ3n) is 0.271. The molecule has 0 aliphatic heterocycles. The Balaban J connectivity index is 2.85. The molecule has 0 radical (unpaired) electrons. The first-order valence-corrected chi connectivity index (χ1v) is 1.65.